The quantitative estimate of drug-likeness (QED) is 0.620. The van der Waals surface area contributed by atoms with Crippen molar-refractivity contribution in [3.8, 4) is 17.2 Å². The van der Waals surface area contributed by atoms with E-state index in [0.717, 1.165) is 11.1 Å². The predicted octanol–water partition coefficient (Wildman–Crippen LogP) is 2.85. The lowest BCUT2D eigenvalue weighted by atomic mass is 10.1. The monoisotopic (exact) mass is 408 g/mol. The van der Waals surface area contributed by atoms with Crippen LogP contribution in [0.4, 0.5) is 0 Å². The summed E-state index contributed by atoms with van der Waals surface area (Å²) < 4.78 is 17.5. The van der Waals surface area contributed by atoms with Gasteiger partial charge in [-0.1, -0.05) is 30.3 Å². The minimum atomic E-state index is -0.285. The topological polar surface area (TPSA) is 78.8 Å². The lowest BCUT2D eigenvalue weighted by Crippen LogP contribution is -2.23. The molecule has 0 saturated carbocycles. The Balaban J connectivity index is 1.67. The second-order valence-electron chi connectivity index (χ2n) is 6.57. The molecule has 0 bridgehead atoms. The summed E-state index contributed by atoms with van der Waals surface area (Å²) in [5.74, 6) is 1.05. The van der Waals surface area contributed by atoms with E-state index in [-0.39, 0.29) is 11.5 Å². The van der Waals surface area contributed by atoms with Gasteiger partial charge in [0.15, 0.2) is 11.5 Å². The number of aromatic nitrogens is 1. The number of benzene rings is 2. The number of rotatable bonds is 8. The van der Waals surface area contributed by atoms with Crippen LogP contribution >= 0.6 is 0 Å². The van der Waals surface area contributed by atoms with Crippen LogP contribution in [0.25, 0.3) is 0 Å². The van der Waals surface area contributed by atoms with E-state index < -0.39 is 0 Å². The molecule has 2 aromatic carbocycles. The fraction of sp³-hybridized carbons (Fsp3) is 0.217. The Morgan fingerprint density at radius 3 is 2.13 bits per heavy atom. The maximum Gasteiger partial charge on any atom is 0.255 e. The van der Waals surface area contributed by atoms with Crippen LogP contribution in [-0.2, 0) is 13.1 Å². The number of ether oxygens (including phenoxy) is 3. The first-order valence-electron chi connectivity index (χ1n) is 9.37. The predicted molar refractivity (Wildman–Crippen MR) is 114 cm³/mol. The highest BCUT2D eigenvalue weighted by Gasteiger charge is 2.17. The van der Waals surface area contributed by atoms with Crippen LogP contribution in [0, 0.1) is 0 Å². The highest BCUT2D eigenvalue weighted by molar-refractivity contribution is 5.97. The van der Waals surface area contributed by atoms with E-state index in [2.05, 4.69) is 5.32 Å². The molecule has 3 rings (SSSR count). The Kier molecular flexibility index (Phi) is 6.75. The number of carbonyl (C=O) groups is 1. The van der Waals surface area contributed by atoms with Crippen molar-refractivity contribution in [2.75, 3.05) is 21.3 Å². The van der Waals surface area contributed by atoms with Crippen molar-refractivity contribution >= 4 is 5.91 Å². The fourth-order valence-electron chi connectivity index (χ4n) is 3.03. The van der Waals surface area contributed by atoms with E-state index >= 15 is 0 Å². The van der Waals surface area contributed by atoms with Crippen molar-refractivity contribution in [3.63, 3.8) is 0 Å². The molecule has 0 aliphatic heterocycles. The largest absolute Gasteiger partial charge is 0.496 e. The second-order valence-corrected chi connectivity index (χ2v) is 6.57. The van der Waals surface area contributed by atoms with E-state index in [1.165, 1.54) is 27.4 Å². The lowest BCUT2D eigenvalue weighted by molar-refractivity contribution is 0.0947. The van der Waals surface area contributed by atoms with E-state index in [1.807, 2.05) is 30.3 Å². The summed E-state index contributed by atoms with van der Waals surface area (Å²) in [5.41, 5.74) is 2.25. The van der Waals surface area contributed by atoms with Crippen LogP contribution in [0.2, 0.25) is 0 Å². The zero-order chi connectivity index (χ0) is 21.5. The van der Waals surface area contributed by atoms with Gasteiger partial charge in [0, 0.05) is 30.9 Å². The smallest absolute Gasteiger partial charge is 0.255 e. The number of pyridine rings is 1. The van der Waals surface area contributed by atoms with Crippen molar-refractivity contribution in [3.05, 3.63) is 87.8 Å². The molecule has 0 unspecified atom stereocenters. The van der Waals surface area contributed by atoms with Gasteiger partial charge in [0.1, 0.15) is 5.75 Å². The van der Waals surface area contributed by atoms with Crippen LogP contribution < -0.4 is 25.1 Å². The fourth-order valence-corrected chi connectivity index (χ4v) is 3.03. The maximum atomic E-state index is 12.7. The summed E-state index contributed by atoms with van der Waals surface area (Å²) in [6.07, 6.45) is 1.76. The Bertz CT molecular complexity index is 1070. The highest BCUT2D eigenvalue weighted by Crippen LogP contribution is 2.34. The number of hydrogen-bond acceptors (Lipinski definition) is 5. The highest BCUT2D eigenvalue weighted by atomic mass is 16.5. The molecule has 30 heavy (non-hydrogen) atoms. The molecule has 0 radical (unpaired) electrons. The van der Waals surface area contributed by atoms with Gasteiger partial charge in [-0.3, -0.25) is 9.59 Å². The van der Waals surface area contributed by atoms with Crippen LogP contribution in [0.1, 0.15) is 21.5 Å². The molecule has 0 aliphatic carbocycles. The van der Waals surface area contributed by atoms with E-state index in [9.17, 15) is 9.59 Å². The minimum absolute atomic E-state index is 0.0438. The molecule has 0 aliphatic rings. The molecule has 0 spiro atoms. The molecule has 0 saturated heterocycles. The number of amides is 1. The number of carbonyl (C=O) groups excluding carboxylic acids is 1. The molecule has 7 nitrogen and oxygen atoms in total. The van der Waals surface area contributed by atoms with Gasteiger partial charge >= 0.3 is 0 Å². The Labute approximate surface area is 174 Å². The first-order chi connectivity index (χ1) is 14.5. The first-order valence-corrected chi connectivity index (χ1v) is 9.37. The molecular formula is C23H24N2O5. The van der Waals surface area contributed by atoms with E-state index in [4.69, 9.17) is 14.2 Å². The maximum absolute atomic E-state index is 12.7. The van der Waals surface area contributed by atoms with Crippen molar-refractivity contribution in [2.24, 2.45) is 0 Å². The van der Waals surface area contributed by atoms with Crippen molar-refractivity contribution < 1.29 is 19.0 Å². The molecule has 1 heterocycles. The molecule has 7 heteroatoms. The van der Waals surface area contributed by atoms with Gasteiger partial charge in [-0.25, -0.2) is 0 Å². The van der Waals surface area contributed by atoms with Crippen LogP contribution in [0.3, 0.4) is 0 Å². The van der Waals surface area contributed by atoms with E-state index in [1.54, 1.807) is 29.0 Å². The number of methoxy groups -OCH3 is 3. The third-order valence-electron chi connectivity index (χ3n) is 4.68. The average Bonchev–Trinajstić information content (AvgIpc) is 2.78. The van der Waals surface area contributed by atoms with Crippen molar-refractivity contribution in [1.29, 1.82) is 0 Å². The van der Waals surface area contributed by atoms with Gasteiger partial charge in [0.2, 0.25) is 0 Å². The van der Waals surface area contributed by atoms with Gasteiger partial charge in [0.05, 0.1) is 33.4 Å². The summed E-state index contributed by atoms with van der Waals surface area (Å²) in [5, 5.41) is 2.89. The molecule has 1 N–H and O–H groups in total. The molecule has 156 valence electrons. The Morgan fingerprint density at radius 1 is 0.867 bits per heavy atom. The molecule has 1 aromatic heterocycles. The number of nitrogens with zero attached hydrogens (tertiary/aromatic N) is 1. The summed E-state index contributed by atoms with van der Waals surface area (Å²) in [4.78, 5) is 24.5. The Hall–Kier alpha value is -3.74. The SMILES string of the molecule is COc1cc(OC)c(C(=O)NCc2ccc(Cn3ccccc3=O)cc2)cc1OC. The Morgan fingerprint density at radius 2 is 1.50 bits per heavy atom. The van der Waals surface area contributed by atoms with E-state index in [0.29, 0.717) is 35.9 Å². The minimum Gasteiger partial charge on any atom is -0.496 e. The molecule has 3 aromatic rings. The molecule has 0 fully saturated rings. The normalized spacial score (nSPS) is 10.4. The summed E-state index contributed by atoms with van der Waals surface area (Å²) in [6.45, 7) is 0.844. The third-order valence-corrected chi connectivity index (χ3v) is 4.68. The number of nitrogens with one attached hydrogen (secondary N) is 1. The molecule has 0 atom stereocenters. The number of hydrogen-bond donors (Lipinski definition) is 1. The van der Waals surface area contributed by atoms with Gasteiger partial charge in [0.25, 0.3) is 11.5 Å². The third kappa shape index (κ3) is 4.81. The zero-order valence-electron chi connectivity index (χ0n) is 17.2. The second kappa shape index (κ2) is 9.65. The summed E-state index contributed by atoms with van der Waals surface area (Å²) >= 11 is 0. The van der Waals surface area contributed by atoms with Gasteiger partial charge in [-0.15, -0.1) is 0 Å². The average molecular weight is 408 g/mol. The molecule has 1 amide bonds. The van der Waals surface area contributed by atoms with Crippen LogP contribution in [0.15, 0.2) is 65.6 Å². The van der Waals surface area contributed by atoms with Crippen molar-refractivity contribution in [2.45, 2.75) is 13.1 Å². The summed E-state index contributed by atoms with van der Waals surface area (Å²) in [6, 6.07) is 16.0. The van der Waals surface area contributed by atoms with Crippen LogP contribution in [0.5, 0.6) is 17.2 Å². The summed E-state index contributed by atoms with van der Waals surface area (Å²) in [7, 11) is 4.53. The zero-order valence-corrected chi connectivity index (χ0v) is 17.2. The van der Waals surface area contributed by atoms with Gasteiger partial charge in [-0.05, 0) is 17.2 Å². The first kappa shape index (κ1) is 21.0. The standard InChI is InChI=1S/C23H24N2O5/c1-28-19-13-21(30-3)20(29-2)12-18(19)23(27)24-14-16-7-9-17(10-8-16)15-25-11-5-4-6-22(25)26/h4-13H,14-15H2,1-3H3,(H,24,27). The van der Waals surface area contributed by atoms with Crippen LogP contribution in [-0.4, -0.2) is 31.8 Å². The molecular weight excluding hydrogens is 384 g/mol. The van der Waals surface area contributed by atoms with Crippen molar-refractivity contribution in [1.82, 2.24) is 9.88 Å². The van der Waals surface area contributed by atoms with Gasteiger partial charge < -0.3 is 24.1 Å². The van der Waals surface area contributed by atoms with Gasteiger partial charge in [-0.2, -0.15) is 0 Å². The lowest BCUT2D eigenvalue weighted by Gasteiger charge is -2.14.